The topological polar surface area (TPSA) is 85.1 Å². The van der Waals surface area contributed by atoms with Crippen LogP contribution in [0.25, 0.3) is 5.70 Å². The van der Waals surface area contributed by atoms with Crippen molar-refractivity contribution in [1.29, 1.82) is 5.41 Å². The Morgan fingerprint density at radius 2 is 1.73 bits per heavy atom. The lowest BCUT2D eigenvalue weighted by Crippen LogP contribution is -2.08. The third-order valence-corrected chi connectivity index (χ3v) is 4.96. The van der Waals surface area contributed by atoms with Crippen molar-refractivity contribution < 1.29 is 4.74 Å². The van der Waals surface area contributed by atoms with Gasteiger partial charge in [-0.05, 0) is 68.6 Å². The second-order valence-electron chi connectivity index (χ2n) is 7.52. The normalized spacial score (nSPS) is 15.1. The molecule has 0 bridgehead atoms. The largest absolute Gasteiger partial charge is 0.439 e. The van der Waals surface area contributed by atoms with Crippen LogP contribution in [0.3, 0.4) is 0 Å². The monoisotopic (exact) mass is 465 g/mol. The summed E-state index contributed by atoms with van der Waals surface area (Å²) in [4.78, 5) is 0. The molecular formula is C28H36ClN3O. The second kappa shape index (κ2) is 14.9. The van der Waals surface area contributed by atoms with Crippen LogP contribution in [0.15, 0.2) is 106 Å². The third-order valence-electron chi connectivity index (χ3n) is 4.84. The quantitative estimate of drug-likeness (QED) is 0.148. The molecule has 0 aliphatic carbocycles. The van der Waals surface area contributed by atoms with Gasteiger partial charge in [-0.25, -0.2) is 0 Å². The van der Waals surface area contributed by atoms with E-state index >= 15 is 0 Å². The molecule has 5 N–H and O–H groups in total. The van der Waals surface area contributed by atoms with E-state index in [0.717, 1.165) is 34.3 Å². The van der Waals surface area contributed by atoms with Gasteiger partial charge in [-0.2, -0.15) is 0 Å². The fourth-order valence-corrected chi connectivity index (χ4v) is 2.90. The van der Waals surface area contributed by atoms with Gasteiger partial charge in [0.2, 0.25) is 5.90 Å². The van der Waals surface area contributed by atoms with Crippen molar-refractivity contribution >= 4 is 23.2 Å². The van der Waals surface area contributed by atoms with Gasteiger partial charge in [0.25, 0.3) is 0 Å². The van der Waals surface area contributed by atoms with Crippen molar-refractivity contribution in [2.75, 3.05) is 6.54 Å². The second-order valence-corrected chi connectivity index (χ2v) is 8.12. The average Bonchev–Trinajstić information content (AvgIpc) is 2.80. The minimum Gasteiger partial charge on any atom is -0.439 e. The van der Waals surface area contributed by atoms with Crippen molar-refractivity contribution in [1.82, 2.24) is 0 Å². The van der Waals surface area contributed by atoms with Crippen molar-refractivity contribution in [3.63, 3.8) is 0 Å². The van der Waals surface area contributed by atoms with Crippen LogP contribution in [-0.2, 0) is 4.74 Å². The van der Waals surface area contributed by atoms with Crippen molar-refractivity contribution in [3.05, 3.63) is 112 Å². The molecule has 0 aromatic heterocycles. The van der Waals surface area contributed by atoms with Gasteiger partial charge in [0.1, 0.15) is 5.76 Å². The Morgan fingerprint density at radius 3 is 2.27 bits per heavy atom. The number of allylic oxidation sites excluding steroid dienone is 8. The molecular weight excluding hydrogens is 430 g/mol. The molecule has 0 unspecified atom stereocenters. The summed E-state index contributed by atoms with van der Waals surface area (Å²) in [5.41, 5.74) is 17.1. The lowest BCUT2D eigenvalue weighted by atomic mass is 9.99. The van der Waals surface area contributed by atoms with Gasteiger partial charge in [-0.3, -0.25) is 5.41 Å². The van der Waals surface area contributed by atoms with E-state index in [0.29, 0.717) is 23.0 Å². The van der Waals surface area contributed by atoms with E-state index < -0.39 is 0 Å². The van der Waals surface area contributed by atoms with E-state index in [-0.39, 0.29) is 5.90 Å². The minimum atomic E-state index is -0.0449. The van der Waals surface area contributed by atoms with E-state index in [1.807, 2.05) is 101 Å². The summed E-state index contributed by atoms with van der Waals surface area (Å²) in [6.45, 7) is 10.2. The van der Waals surface area contributed by atoms with Gasteiger partial charge in [0.05, 0.1) is 0 Å². The smallest absolute Gasteiger partial charge is 0.214 e. The lowest BCUT2D eigenvalue weighted by Gasteiger charge is -2.17. The summed E-state index contributed by atoms with van der Waals surface area (Å²) in [7, 11) is 0. The highest BCUT2D eigenvalue weighted by atomic mass is 35.5. The Bertz CT molecular complexity index is 1020. The maximum atomic E-state index is 8.43. The van der Waals surface area contributed by atoms with Crippen LogP contribution in [0.5, 0.6) is 0 Å². The molecule has 0 saturated heterocycles. The van der Waals surface area contributed by atoms with E-state index in [4.69, 9.17) is 33.2 Å². The van der Waals surface area contributed by atoms with Crippen molar-refractivity contribution in [2.45, 2.75) is 41.0 Å². The lowest BCUT2D eigenvalue weighted by molar-refractivity contribution is 0.419. The highest BCUT2D eigenvalue weighted by molar-refractivity contribution is 6.29. The number of ether oxygens (including phenoxy) is 1. The predicted octanol–water partition coefficient (Wildman–Crippen LogP) is 7.14. The first-order valence-electron chi connectivity index (χ1n) is 11.0. The maximum absolute atomic E-state index is 8.43. The van der Waals surface area contributed by atoms with Crippen LogP contribution < -0.4 is 11.5 Å². The van der Waals surface area contributed by atoms with Crippen molar-refractivity contribution in [2.24, 2.45) is 11.5 Å². The zero-order chi connectivity index (χ0) is 24.8. The molecule has 0 aliphatic rings. The van der Waals surface area contributed by atoms with Crippen LogP contribution in [-0.4, -0.2) is 12.4 Å². The molecule has 176 valence electrons. The van der Waals surface area contributed by atoms with Gasteiger partial charge in [0, 0.05) is 28.9 Å². The van der Waals surface area contributed by atoms with E-state index in [2.05, 4.69) is 0 Å². The van der Waals surface area contributed by atoms with Gasteiger partial charge in [0.15, 0.2) is 0 Å². The summed E-state index contributed by atoms with van der Waals surface area (Å²) >= 11 is 6.11. The first kappa shape index (κ1) is 28.0. The number of nitrogens with two attached hydrogens (primary N) is 2. The minimum absolute atomic E-state index is 0.0449. The summed E-state index contributed by atoms with van der Waals surface area (Å²) in [5, 5.41) is 9.08. The summed E-state index contributed by atoms with van der Waals surface area (Å²) in [6, 6.07) is 9.51. The number of benzene rings is 1. The summed E-state index contributed by atoms with van der Waals surface area (Å²) in [6.07, 6.45) is 13.9. The highest BCUT2D eigenvalue weighted by Gasteiger charge is 2.14. The number of hydrogen-bond acceptors (Lipinski definition) is 4. The first-order chi connectivity index (χ1) is 15.7. The van der Waals surface area contributed by atoms with Gasteiger partial charge < -0.3 is 16.2 Å². The Hall–Kier alpha value is -3.08. The van der Waals surface area contributed by atoms with Gasteiger partial charge in [-0.15, -0.1) is 0 Å². The molecule has 33 heavy (non-hydrogen) atoms. The predicted molar refractivity (Wildman–Crippen MR) is 144 cm³/mol. The van der Waals surface area contributed by atoms with E-state index in [1.165, 1.54) is 6.08 Å². The van der Waals surface area contributed by atoms with Crippen LogP contribution >= 0.6 is 11.6 Å². The van der Waals surface area contributed by atoms with Gasteiger partial charge in [-0.1, -0.05) is 73.2 Å². The zero-order valence-electron chi connectivity index (χ0n) is 20.3. The number of rotatable bonds is 10. The standard InChI is InChI=1S/C28H36ClN3O/c1-6-11-23(19-30)16-14-21(4)25(17-15-22(5)29)28(20(3)7-2)33-27(32)18-26(31)24-12-9-8-10-13-24/h6,8-18,32H,7,19,30-31H2,1-5H3/b11-6+,21-14+,22-15+,23-16+,25-17-,26-18?,28-20+,32-27?. The Balaban J connectivity index is 3.44. The fourth-order valence-electron chi connectivity index (χ4n) is 2.84. The van der Waals surface area contributed by atoms with Crippen molar-refractivity contribution in [3.8, 4) is 0 Å². The highest BCUT2D eigenvalue weighted by Crippen LogP contribution is 2.27. The molecule has 4 nitrogen and oxygen atoms in total. The third kappa shape index (κ3) is 9.94. The fraction of sp³-hybridized carbons (Fsp3) is 0.250. The first-order valence-corrected chi connectivity index (χ1v) is 11.3. The van der Waals surface area contributed by atoms with Crippen LogP contribution in [0.4, 0.5) is 0 Å². The number of nitrogens with one attached hydrogen (secondary N) is 1. The molecule has 0 fully saturated rings. The molecule has 0 aliphatic heterocycles. The molecule has 0 saturated carbocycles. The zero-order valence-corrected chi connectivity index (χ0v) is 21.0. The number of halogens is 1. The van der Waals surface area contributed by atoms with Crippen LogP contribution in [0.2, 0.25) is 0 Å². The maximum Gasteiger partial charge on any atom is 0.214 e. The molecule has 0 spiro atoms. The molecule has 5 heteroatoms. The summed E-state index contributed by atoms with van der Waals surface area (Å²) in [5.74, 6) is 0.563. The molecule has 1 aromatic rings. The number of hydrogen-bond donors (Lipinski definition) is 3. The van der Waals surface area contributed by atoms with Gasteiger partial charge >= 0.3 is 0 Å². The van der Waals surface area contributed by atoms with E-state index in [9.17, 15) is 0 Å². The molecule has 0 amide bonds. The molecule has 1 rings (SSSR count). The van der Waals surface area contributed by atoms with E-state index in [1.54, 1.807) is 0 Å². The molecule has 1 aromatic carbocycles. The molecule has 0 radical (unpaired) electrons. The Morgan fingerprint density at radius 1 is 1.06 bits per heavy atom. The molecule has 0 heterocycles. The molecule has 0 atom stereocenters. The Kier molecular flexibility index (Phi) is 12.6. The SMILES string of the molecule is C\C=C\C(=C/C=C(C)/C(=C/C=C(\C)Cl)C(/OC(=N)C=C(N)c1ccccc1)=C(/C)CC)CN. The average molecular weight is 466 g/mol. The Labute approximate surface area is 203 Å². The summed E-state index contributed by atoms with van der Waals surface area (Å²) < 4.78 is 6.06. The van der Waals surface area contributed by atoms with Crippen LogP contribution in [0, 0.1) is 5.41 Å². The van der Waals surface area contributed by atoms with Crippen LogP contribution in [0.1, 0.15) is 46.6 Å².